The Labute approximate surface area is 118 Å². The Balaban J connectivity index is 2.17. The second-order valence-electron chi connectivity index (χ2n) is 4.93. The van der Waals surface area contributed by atoms with E-state index >= 15 is 0 Å². The van der Waals surface area contributed by atoms with Gasteiger partial charge in [-0.3, -0.25) is 4.79 Å². The van der Waals surface area contributed by atoms with Gasteiger partial charge < -0.3 is 16.0 Å². The molecule has 110 valence electrons. The van der Waals surface area contributed by atoms with E-state index in [1.54, 1.807) is 24.1 Å². The maximum absolute atomic E-state index is 11.7. The molecule has 1 aliphatic carbocycles. The maximum atomic E-state index is 11.7. The fraction of sp³-hybridized carbons (Fsp3) is 0.417. The predicted octanol–water partition coefficient (Wildman–Crippen LogP) is -0.369. The number of sulfonamides is 1. The smallest absolute Gasteiger partial charge is 0.240 e. The number of nitrogen functional groups attached to an aromatic ring is 1. The lowest BCUT2D eigenvalue weighted by atomic mass is 10.2. The number of nitrogens with one attached hydrogen (secondary N) is 1. The third kappa shape index (κ3) is 3.40. The molecule has 1 saturated carbocycles. The Morgan fingerprint density at radius 3 is 2.65 bits per heavy atom. The van der Waals surface area contributed by atoms with E-state index in [9.17, 15) is 13.2 Å². The summed E-state index contributed by atoms with van der Waals surface area (Å²) in [4.78, 5) is 13.2. The van der Waals surface area contributed by atoms with Crippen molar-refractivity contribution in [3.05, 3.63) is 18.2 Å². The molecule has 5 N–H and O–H groups in total. The second kappa shape index (κ2) is 5.29. The zero-order valence-electron chi connectivity index (χ0n) is 11.2. The van der Waals surface area contributed by atoms with Gasteiger partial charge in [-0.15, -0.1) is 0 Å². The first-order valence-electron chi connectivity index (χ1n) is 6.21. The first-order chi connectivity index (χ1) is 9.29. The number of nitrogens with zero attached hydrogens (tertiary/aromatic N) is 1. The number of anilines is 2. The van der Waals surface area contributed by atoms with E-state index in [2.05, 4.69) is 5.32 Å². The van der Waals surface area contributed by atoms with Crippen LogP contribution in [-0.4, -0.2) is 34.0 Å². The summed E-state index contributed by atoms with van der Waals surface area (Å²) in [7, 11) is -2.21. The van der Waals surface area contributed by atoms with Crippen molar-refractivity contribution in [3.8, 4) is 0 Å². The van der Waals surface area contributed by atoms with Gasteiger partial charge in [-0.25, -0.2) is 13.6 Å². The number of hydrogen-bond donors (Lipinski definition) is 3. The minimum absolute atomic E-state index is 0.0525. The van der Waals surface area contributed by atoms with Crippen LogP contribution in [0.3, 0.4) is 0 Å². The second-order valence-corrected chi connectivity index (χ2v) is 6.46. The van der Waals surface area contributed by atoms with E-state index in [-0.39, 0.29) is 29.1 Å². The molecule has 0 heterocycles. The summed E-state index contributed by atoms with van der Waals surface area (Å²) in [5.41, 5.74) is 6.34. The Morgan fingerprint density at radius 1 is 1.45 bits per heavy atom. The monoisotopic (exact) mass is 298 g/mol. The van der Waals surface area contributed by atoms with Gasteiger partial charge in [0, 0.05) is 13.1 Å². The summed E-state index contributed by atoms with van der Waals surface area (Å²) in [6, 6.07) is 4.81. The van der Waals surface area contributed by atoms with Crippen molar-refractivity contribution in [1.82, 2.24) is 5.32 Å². The number of amides is 1. The molecule has 0 radical (unpaired) electrons. The van der Waals surface area contributed by atoms with Crippen molar-refractivity contribution in [1.29, 1.82) is 0 Å². The number of primary sulfonamides is 1. The largest absolute Gasteiger partial charge is 0.396 e. The third-order valence-corrected chi connectivity index (χ3v) is 4.05. The van der Waals surface area contributed by atoms with Crippen LogP contribution in [0.5, 0.6) is 0 Å². The molecule has 1 aromatic rings. The molecule has 0 aromatic heterocycles. The van der Waals surface area contributed by atoms with Crippen LogP contribution in [0.1, 0.15) is 12.8 Å². The van der Waals surface area contributed by atoms with Crippen LogP contribution in [0, 0.1) is 0 Å². The molecule has 1 aromatic carbocycles. The number of rotatable bonds is 5. The van der Waals surface area contributed by atoms with Crippen LogP contribution < -0.4 is 21.1 Å². The van der Waals surface area contributed by atoms with Crippen molar-refractivity contribution in [3.63, 3.8) is 0 Å². The van der Waals surface area contributed by atoms with Gasteiger partial charge >= 0.3 is 0 Å². The summed E-state index contributed by atoms with van der Waals surface area (Å²) >= 11 is 0. The lowest BCUT2D eigenvalue weighted by Crippen LogP contribution is -2.36. The highest BCUT2D eigenvalue weighted by molar-refractivity contribution is 7.89. The van der Waals surface area contributed by atoms with Gasteiger partial charge in [0.05, 0.1) is 17.9 Å². The zero-order chi connectivity index (χ0) is 14.9. The number of likely N-dealkylation sites (N-methyl/N-ethyl adjacent to an activating group) is 1. The molecular formula is C12H18N4O3S. The Bertz CT molecular complexity index is 626. The highest BCUT2D eigenvalue weighted by Crippen LogP contribution is 2.28. The minimum atomic E-state index is -3.88. The number of nitrogens with two attached hydrogens (primary N) is 2. The molecule has 2 rings (SSSR count). The average Bonchev–Trinajstić information content (AvgIpc) is 3.11. The van der Waals surface area contributed by atoms with Gasteiger partial charge in [-0.1, -0.05) is 6.07 Å². The molecule has 20 heavy (non-hydrogen) atoms. The summed E-state index contributed by atoms with van der Waals surface area (Å²) in [5.74, 6) is -0.115. The highest BCUT2D eigenvalue weighted by atomic mass is 32.2. The number of benzene rings is 1. The number of para-hydroxylation sites is 1. The van der Waals surface area contributed by atoms with Gasteiger partial charge in [0.1, 0.15) is 4.90 Å². The number of hydrogen-bond acceptors (Lipinski definition) is 5. The van der Waals surface area contributed by atoms with E-state index in [0.717, 1.165) is 12.8 Å². The maximum Gasteiger partial charge on any atom is 0.240 e. The van der Waals surface area contributed by atoms with Crippen LogP contribution in [0.15, 0.2) is 23.1 Å². The lowest BCUT2D eigenvalue weighted by Gasteiger charge is -2.21. The number of carbonyl (C=O) groups excluding carboxylic acids is 1. The van der Waals surface area contributed by atoms with E-state index < -0.39 is 10.0 Å². The third-order valence-electron chi connectivity index (χ3n) is 3.08. The molecule has 0 unspecified atom stereocenters. The normalized spacial score (nSPS) is 14.9. The van der Waals surface area contributed by atoms with Crippen molar-refractivity contribution in [2.45, 2.75) is 23.8 Å². The number of carbonyl (C=O) groups is 1. The fourth-order valence-corrected chi connectivity index (χ4v) is 2.59. The standard InChI is InChI=1S/C12H18N4O3S/c1-16(7-11(17)15-8-5-6-8)9-3-2-4-10(12(9)13)20(14,18)19/h2-4,8H,5-7,13H2,1H3,(H,15,17)(H2,14,18,19). The first-order valence-corrected chi connectivity index (χ1v) is 7.75. The summed E-state index contributed by atoms with van der Waals surface area (Å²) in [6.45, 7) is 0.106. The van der Waals surface area contributed by atoms with Gasteiger partial charge in [0.2, 0.25) is 15.9 Å². The molecule has 1 fully saturated rings. The Morgan fingerprint density at radius 2 is 2.10 bits per heavy atom. The van der Waals surface area contributed by atoms with Crippen LogP contribution in [0.4, 0.5) is 11.4 Å². The van der Waals surface area contributed by atoms with E-state index in [4.69, 9.17) is 10.9 Å². The van der Waals surface area contributed by atoms with Gasteiger partial charge in [0.15, 0.2) is 0 Å². The van der Waals surface area contributed by atoms with E-state index in [1.165, 1.54) is 6.07 Å². The first kappa shape index (κ1) is 14.6. The van der Waals surface area contributed by atoms with Gasteiger partial charge in [-0.05, 0) is 25.0 Å². The highest BCUT2D eigenvalue weighted by Gasteiger charge is 2.24. The SMILES string of the molecule is CN(CC(=O)NC1CC1)c1cccc(S(N)(=O)=O)c1N. The molecule has 0 aliphatic heterocycles. The minimum Gasteiger partial charge on any atom is -0.396 e. The van der Waals surface area contributed by atoms with Crippen LogP contribution in [0.2, 0.25) is 0 Å². The van der Waals surface area contributed by atoms with E-state index in [1.807, 2.05) is 0 Å². The molecular weight excluding hydrogens is 280 g/mol. The lowest BCUT2D eigenvalue weighted by molar-refractivity contribution is -0.119. The van der Waals surface area contributed by atoms with Gasteiger partial charge in [-0.2, -0.15) is 0 Å². The topological polar surface area (TPSA) is 119 Å². The zero-order valence-corrected chi connectivity index (χ0v) is 12.0. The Kier molecular flexibility index (Phi) is 3.87. The molecule has 0 saturated heterocycles. The van der Waals surface area contributed by atoms with Crippen LogP contribution in [0.25, 0.3) is 0 Å². The van der Waals surface area contributed by atoms with Crippen LogP contribution >= 0.6 is 0 Å². The van der Waals surface area contributed by atoms with Crippen molar-refractivity contribution < 1.29 is 13.2 Å². The molecule has 0 atom stereocenters. The predicted molar refractivity (Wildman–Crippen MR) is 76.7 cm³/mol. The van der Waals surface area contributed by atoms with Crippen molar-refractivity contribution in [2.24, 2.45) is 5.14 Å². The van der Waals surface area contributed by atoms with Crippen LogP contribution in [-0.2, 0) is 14.8 Å². The average molecular weight is 298 g/mol. The quantitative estimate of drug-likeness (QED) is 0.641. The van der Waals surface area contributed by atoms with Gasteiger partial charge in [0.25, 0.3) is 0 Å². The fourth-order valence-electron chi connectivity index (χ4n) is 1.91. The molecule has 7 nitrogen and oxygen atoms in total. The molecule has 8 heteroatoms. The Hall–Kier alpha value is -1.80. The summed E-state index contributed by atoms with van der Waals surface area (Å²) in [5, 5.41) is 7.95. The molecule has 0 bridgehead atoms. The molecule has 0 spiro atoms. The van der Waals surface area contributed by atoms with E-state index in [0.29, 0.717) is 5.69 Å². The van der Waals surface area contributed by atoms with Crippen molar-refractivity contribution >= 4 is 27.3 Å². The van der Waals surface area contributed by atoms with Crippen molar-refractivity contribution in [2.75, 3.05) is 24.2 Å². The summed E-state index contributed by atoms with van der Waals surface area (Å²) < 4.78 is 22.8. The summed E-state index contributed by atoms with van der Waals surface area (Å²) in [6.07, 6.45) is 2.02. The molecule has 1 amide bonds. The molecule has 1 aliphatic rings.